The first-order valence-electron chi connectivity index (χ1n) is 6.43. The van der Waals surface area contributed by atoms with E-state index in [2.05, 4.69) is 17.6 Å². The summed E-state index contributed by atoms with van der Waals surface area (Å²) >= 11 is 0. The Labute approximate surface area is 97.8 Å². The van der Waals surface area contributed by atoms with Crippen molar-refractivity contribution in [3.63, 3.8) is 0 Å². The van der Waals surface area contributed by atoms with Crippen LogP contribution in [-0.4, -0.2) is 30.3 Å². The molecule has 0 heterocycles. The predicted molar refractivity (Wildman–Crippen MR) is 64.3 cm³/mol. The van der Waals surface area contributed by atoms with Crippen LogP contribution >= 0.6 is 0 Å². The second kappa shape index (κ2) is 7.49. The molecule has 1 fully saturated rings. The third kappa shape index (κ3) is 4.39. The largest absolute Gasteiger partial charge is 0.396 e. The van der Waals surface area contributed by atoms with Crippen LogP contribution in [0.1, 0.15) is 45.4 Å². The number of hydrogen-bond donors (Lipinski definition) is 3. The molecule has 3 N–H and O–H groups in total. The molecule has 0 bridgehead atoms. The summed E-state index contributed by atoms with van der Waals surface area (Å²) in [5, 5.41) is 15.0. The van der Waals surface area contributed by atoms with Gasteiger partial charge in [-0.05, 0) is 19.3 Å². The van der Waals surface area contributed by atoms with Crippen LogP contribution in [0.2, 0.25) is 0 Å². The summed E-state index contributed by atoms with van der Waals surface area (Å²) in [5.41, 5.74) is 0. The minimum absolute atomic E-state index is 0.0844. The summed E-state index contributed by atoms with van der Waals surface area (Å²) in [4.78, 5) is 11.5. The molecule has 4 heteroatoms. The Morgan fingerprint density at radius 2 is 2.12 bits per heavy atom. The van der Waals surface area contributed by atoms with Crippen molar-refractivity contribution in [3.05, 3.63) is 0 Å². The molecule has 1 aliphatic carbocycles. The van der Waals surface area contributed by atoms with Gasteiger partial charge in [0.2, 0.25) is 0 Å². The molecule has 0 saturated heterocycles. The lowest BCUT2D eigenvalue weighted by atomic mass is 9.85. The van der Waals surface area contributed by atoms with E-state index in [0.29, 0.717) is 0 Å². The molecule has 94 valence electrons. The van der Waals surface area contributed by atoms with Crippen molar-refractivity contribution >= 4 is 6.03 Å². The van der Waals surface area contributed by atoms with Gasteiger partial charge in [-0.25, -0.2) is 4.79 Å². The fourth-order valence-corrected chi connectivity index (χ4v) is 2.21. The van der Waals surface area contributed by atoms with E-state index in [4.69, 9.17) is 0 Å². The number of aliphatic hydroxyl groups is 1. The number of aliphatic hydroxyl groups excluding tert-OH is 1. The number of nitrogens with one attached hydrogen (secondary N) is 2. The molecule has 2 amide bonds. The lowest BCUT2D eigenvalue weighted by Crippen LogP contribution is -2.47. The highest BCUT2D eigenvalue weighted by atomic mass is 16.3. The second-order valence-corrected chi connectivity index (χ2v) is 4.59. The standard InChI is InChI=1S/C12H24N2O2/c1-2-3-8-13-12(16)14-11-7-5-4-6-10(11)9-15/h10-11,15H,2-9H2,1H3,(H2,13,14,16)/t10-,11+/m1/s1. The first kappa shape index (κ1) is 13.3. The van der Waals surface area contributed by atoms with Gasteiger partial charge in [0.05, 0.1) is 0 Å². The molecule has 0 aromatic rings. The summed E-state index contributed by atoms with van der Waals surface area (Å²) in [7, 11) is 0. The third-order valence-electron chi connectivity index (χ3n) is 3.28. The van der Waals surface area contributed by atoms with E-state index in [1.54, 1.807) is 0 Å². The number of unbranched alkanes of at least 4 members (excludes halogenated alkanes) is 1. The number of carbonyl (C=O) groups excluding carboxylic acids is 1. The molecular formula is C12H24N2O2. The van der Waals surface area contributed by atoms with Crippen molar-refractivity contribution in [2.45, 2.75) is 51.5 Å². The van der Waals surface area contributed by atoms with Crippen LogP contribution in [0, 0.1) is 5.92 Å². The quantitative estimate of drug-likeness (QED) is 0.626. The van der Waals surface area contributed by atoms with Gasteiger partial charge < -0.3 is 15.7 Å². The van der Waals surface area contributed by atoms with E-state index in [1.807, 2.05) is 0 Å². The lowest BCUT2D eigenvalue weighted by Gasteiger charge is -2.30. The SMILES string of the molecule is CCCCNC(=O)N[C@H]1CCCC[C@@H]1CO. The molecule has 0 aliphatic heterocycles. The molecule has 1 rings (SSSR count). The molecule has 16 heavy (non-hydrogen) atoms. The van der Waals surface area contributed by atoms with E-state index in [-0.39, 0.29) is 24.6 Å². The van der Waals surface area contributed by atoms with Crippen molar-refractivity contribution in [2.24, 2.45) is 5.92 Å². The summed E-state index contributed by atoms with van der Waals surface area (Å²) in [6.45, 7) is 3.02. The van der Waals surface area contributed by atoms with Gasteiger partial charge in [-0.2, -0.15) is 0 Å². The number of hydrogen-bond acceptors (Lipinski definition) is 2. The smallest absolute Gasteiger partial charge is 0.315 e. The topological polar surface area (TPSA) is 61.4 Å². The second-order valence-electron chi connectivity index (χ2n) is 4.59. The van der Waals surface area contributed by atoms with E-state index < -0.39 is 0 Å². The van der Waals surface area contributed by atoms with Crippen molar-refractivity contribution < 1.29 is 9.90 Å². The van der Waals surface area contributed by atoms with Crippen molar-refractivity contribution in [1.82, 2.24) is 10.6 Å². The van der Waals surface area contributed by atoms with Gasteiger partial charge in [-0.15, -0.1) is 0 Å². The third-order valence-corrected chi connectivity index (χ3v) is 3.28. The van der Waals surface area contributed by atoms with Gasteiger partial charge >= 0.3 is 6.03 Å². The average molecular weight is 228 g/mol. The van der Waals surface area contributed by atoms with Gasteiger partial charge in [0.25, 0.3) is 0 Å². The van der Waals surface area contributed by atoms with Crippen molar-refractivity contribution in [1.29, 1.82) is 0 Å². The highest BCUT2D eigenvalue weighted by molar-refractivity contribution is 5.74. The number of carbonyl (C=O) groups is 1. The minimum Gasteiger partial charge on any atom is -0.396 e. The van der Waals surface area contributed by atoms with Crippen molar-refractivity contribution in [2.75, 3.05) is 13.2 Å². The van der Waals surface area contributed by atoms with Crippen LogP contribution in [0.15, 0.2) is 0 Å². The average Bonchev–Trinajstić information content (AvgIpc) is 2.30. The van der Waals surface area contributed by atoms with Crippen LogP contribution in [0.25, 0.3) is 0 Å². The van der Waals surface area contributed by atoms with Gasteiger partial charge in [-0.3, -0.25) is 0 Å². The van der Waals surface area contributed by atoms with Gasteiger partial charge in [0.15, 0.2) is 0 Å². The maximum Gasteiger partial charge on any atom is 0.315 e. The van der Waals surface area contributed by atoms with Gasteiger partial charge in [-0.1, -0.05) is 26.2 Å². The van der Waals surface area contributed by atoms with Gasteiger partial charge in [0, 0.05) is 25.1 Å². The van der Waals surface area contributed by atoms with Gasteiger partial charge in [0.1, 0.15) is 0 Å². The maximum absolute atomic E-state index is 11.5. The number of rotatable bonds is 5. The van der Waals surface area contributed by atoms with Crippen LogP contribution in [-0.2, 0) is 0 Å². The van der Waals surface area contributed by atoms with E-state index in [9.17, 15) is 9.90 Å². The zero-order chi connectivity index (χ0) is 11.8. The Kier molecular flexibility index (Phi) is 6.23. The highest BCUT2D eigenvalue weighted by Crippen LogP contribution is 2.23. The fourth-order valence-electron chi connectivity index (χ4n) is 2.21. The van der Waals surface area contributed by atoms with Crippen LogP contribution < -0.4 is 10.6 Å². The Bertz CT molecular complexity index is 209. The van der Waals surface area contributed by atoms with E-state index >= 15 is 0 Å². The highest BCUT2D eigenvalue weighted by Gasteiger charge is 2.25. The molecule has 0 radical (unpaired) electrons. The first-order chi connectivity index (χ1) is 7.77. The maximum atomic E-state index is 11.5. The van der Waals surface area contributed by atoms with Crippen LogP contribution in [0.4, 0.5) is 4.79 Å². The normalized spacial score (nSPS) is 25.1. The molecule has 2 atom stereocenters. The molecule has 0 aromatic carbocycles. The van der Waals surface area contributed by atoms with Crippen LogP contribution in [0.5, 0.6) is 0 Å². The minimum atomic E-state index is -0.0844. The number of urea groups is 1. The van der Waals surface area contributed by atoms with E-state index in [1.165, 1.54) is 6.42 Å². The number of amides is 2. The molecule has 1 aliphatic rings. The van der Waals surface area contributed by atoms with E-state index in [0.717, 1.165) is 38.6 Å². The molecular weight excluding hydrogens is 204 g/mol. The summed E-state index contributed by atoms with van der Waals surface area (Å²) in [5.74, 6) is 0.241. The lowest BCUT2D eigenvalue weighted by molar-refractivity contribution is 0.153. The first-order valence-corrected chi connectivity index (χ1v) is 6.43. The molecule has 0 spiro atoms. The summed E-state index contributed by atoms with van der Waals surface area (Å²) in [6, 6.07) is 0.0687. The Morgan fingerprint density at radius 1 is 1.38 bits per heavy atom. The molecule has 0 unspecified atom stereocenters. The Morgan fingerprint density at radius 3 is 2.81 bits per heavy atom. The summed E-state index contributed by atoms with van der Waals surface area (Å²) in [6.07, 6.45) is 6.44. The Balaban J connectivity index is 2.25. The van der Waals surface area contributed by atoms with Crippen LogP contribution in [0.3, 0.4) is 0 Å². The van der Waals surface area contributed by atoms with Crippen molar-refractivity contribution in [3.8, 4) is 0 Å². The zero-order valence-corrected chi connectivity index (χ0v) is 10.2. The summed E-state index contributed by atoms with van der Waals surface area (Å²) < 4.78 is 0. The fraction of sp³-hybridized carbons (Fsp3) is 0.917. The Hall–Kier alpha value is -0.770. The molecule has 0 aromatic heterocycles. The monoisotopic (exact) mass is 228 g/mol. The molecule has 4 nitrogen and oxygen atoms in total. The molecule has 1 saturated carbocycles. The zero-order valence-electron chi connectivity index (χ0n) is 10.2. The predicted octanol–water partition coefficient (Wildman–Crippen LogP) is 1.64.